The number of halogens is 2. The molecule has 5 nitrogen and oxygen atoms in total. The van der Waals surface area contributed by atoms with Crippen molar-refractivity contribution >= 4 is 5.91 Å². The molecule has 1 atom stereocenters. The summed E-state index contributed by atoms with van der Waals surface area (Å²) >= 11 is 0. The molecule has 3 rings (SSSR count). The number of rotatable bonds is 4. The summed E-state index contributed by atoms with van der Waals surface area (Å²) in [6, 6.07) is 1.73. The van der Waals surface area contributed by atoms with Gasteiger partial charge in [-0.3, -0.25) is 4.79 Å². The lowest BCUT2D eigenvalue weighted by molar-refractivity contribution is -0.125. The predicted molar refractivity (Wildman–Crippen MR) is 83.5 cm³/mol. The van der Waals surface area contributed by atoms with Gasteiger partial charge < -0.3 is 15.0 Å². The van der Waals surface area contributed by atoms with Crippen LogP contribution in [0.5, 0.6) is 5.75 Å². The number of phenols is 1. The van der Waals surface area contributed by atoms with Crippen molar-refractivity contribution in [2.24, 2.45) is 5.92 Å². The zero-order valence-electron chi connectivity index (χ0n) is 13.4. The van der Waals surface area contributed by atoms with Gasteiger partial charge in [0.1, 0.15) is 23.2 Å². The lowest BCUT2D eigenvalue weighted by Gasteiger charge is -2.24. The molecule has 1 aromatic heterocycles. The van der Waals surface area contributed by atoms with E-state index in [4.69, 9.17) is 5.11 Å². The molecule has 24 heavy (non-hydrogen) atoms. The molecule has 0 saturated heterocycles. The number of nitrogens with zero attached hydrogens (tertiary/aromatic N) is 2. The monoisotopic (exact) mass is 335 g/mol. The second kappa shape index (κ2) is 6.59. The van der Waals surface area contributed by atoms with Crippen molar-refractivity contribution in [3.05, 3.63) is 47.0 Å². The lowest BCUT2D eigenvalue weighted by Crippen LogP contribution is -2.37. The Morgan fingerprint density at radius 1 is 1.42 bits per heavy atom. The Morgan fingerprint density at radius 2 is 2.12 bits per heavy atom. The standard InChI is InChI=1S/C17H19F2N3O2/c1-10-21-8-12-3-2-11(9-22(10)12)17(24)20-5-4-14-15(18)6-13(23)7-16(14)19/h6-8,11,23H,2-5,9H2,1H3,(H,20,24). The fourth-order valence-electron chi connectivity index (χ4n) is 3.10. The zero-order valence-corrected chi connectivity index (χ0v) is 13.4. The van der Waals surface area contributed by atoms with Crippen LogP contribution in [0.1, 0.15) is 23.5 Å². The Kier molecular flexibility index (Phi) is 4.51. The van der Waals surface area contributed by atoms with Gasteiger partial charge in [0.25, 0.3) is 0 Å². The molecule has 128 valence electrons. The van der Waals surface area contributed by atoms with Crippen molar-refractivity contribution in [2.45, 2.75) is 32.7 Å². The van der Waals surface area contributed by atoms with Crippen LogP contribution in [-0.2, 0) is 24.2 Å². The van der Waals surface area contributed by atoms with E-state index in [1.807, 2.05) is 17.7 Å². The number of phenolic OH excluding ortho intramolecular Hbond substituents is 1. The Bertz CT molecular complexity index is 750. The number of amides is 1. The molecule has 0 aliphatic carbocycles. The maximum atomic E-state index is 13.6. The molecule has 2 N–H and O–H groups in total. The second-order valence-corrected chi connectivity index (χ2v) is 6.07. The van der Waals surface area contributed by atoms with Crippen molar-refractivity contribution < 1.29 is 18.7 Å². The molecule has 0 saturated carbocycles. The van der Waals surface area contributed by atoms with Crippen molar-refractivity contribution in [3.8, 4) is 5.75 Å². The topological polar surface area (TPSA) is 67.2 Å². The van der Waals surface area contributed by atoms with Crippen molar-refractivity contribution in [3.63, 3.8) is 0 Å². The van der Waals surface area contributed by atoms with Crippen LogP contribution in [0.2, 0.25) is 0 Å². The minimum Gasteiger partial charge on any atom is -0.508 e. The van der Waals surface area contributed by atoms with E-state index < -0.39 is 17.4 Å². The second-order valence-electron chi connectivity index (χ2n) is 6.07. The number of carbonyl (C=O) groups excluding carboxylic acids is 1. The number of aryl methyl sites for hydroxylation is 2. The quantitative estimate of drug-likeness (QED) is 0.899. The van der Waals surface area contributed by atoms with E-state index in [-0.39, 0.29) is 30.4 Å². The molecule has 1 unspecified atom stereocenters. The van der Waals surface area contributed by atoms with Gasteiger partial charge in [-0.15, -0.1) is 0 Å². The van der Waals surface area contributed by atoms with Gasteiger partial charge in [-0.1, -0.05) is 0 Å². The van der Waals surface area contributed by atoms with Gasteiger partial charge in [0.05, 0.1) is 5.92 Å². The third-order valence-corrected chi connectivity index (χ3v) is 4.46. The number of fused-ring (bicyclic) bond motifs is 1. The summed E-state index contributed by atoms with van der Waals surface area (Å²) in [4.78, 5) is 16.5. The van der Waals surface area contributed by atoms with E-state index in [1.165, 1.54) is 0 Å². The summed E-state index contributed by atoms with van der Waals surface area (Å²) in [5.41, 5.74) is 0.995. The molecule has 1 amide bonds. The first-order valence-corrected chi connectivity index (χ1v) is 7.91. The molecule has 0 radical (unpaired) electrons. The summed E-state index contributed by atoms with van der Waals surface area (Å²) in [5, 5.41) is 11.9. The van der Waals surface area contributed by atoms with Gasteiger partial charge >= 0.3 is 0 Å². The molecular weight excluding hydrogens is 316 g/mol. The number of hydrogen-bond acceptors (Lipinski definition) is 3. The first-order valence-electron chi connectivity index (χ1n) is 7.91. The van der Waals surface area contributed by atoms with Crippen LogP contribution in [0, 0.1) is 24.5 Å². The SMILES string of the molecule is Cc1ncc2n1CC(C(=O)NCCc1c(F)cc(O)cc1F)CC2. The third-order valence-electron chi connectivity index (χ3n) is 4.46. The molecule has 1 aliphatic heterocycles. The van der Waals surface area contributed by atoms with Crippen molar-refractivity contribution in [2.75, 3.05) is 6.54 Å². The van der Waals surface area contributed by atoms with Crippen molar-refractivity contribution in [1.82, 2.24) is 14.9 Å². The van der Waals surface area contributed by atoms with Crippen LogP contribution in [-0.4, -0.2) is 27.1 Å². The van der Waals surface area contributed by atoms with Gasteiger partial charge in [-0.2, -0.15) is 0 Å². The normalized spacial score (nSPS) is 16.7. The highest BCUT2D eigenvalue weighted by Crippen LogP contribution is 2.22. The Labute approximate surface area is 138 Å². The highest BCUT2D eigenvalue weighted by atomic mass is 19.1. The fraction of sp³-hybridized carbons (Fsp3) is 0.412. The van der Waals surface area contributed by atoms with Crippen LogP contribution in [0.25, 0.3) is 0 Å². The first-order chi connectivity index (χ1) is 11.5. The largest absolute Gasteiger partial charge is 0.508 e. The molecule has 7 heteroatoms. The maximum absolute atomic E-state index is 13.6. The Balaban J connectivity index is 1.56. The maximum Gasteiger partial charge on any atom is 0.224 e. The molecule has 0 fully saturated rings. The average Bonchev–Trinajstić information content (AvgIpc) is 2.90. The smallest absolute Gasteiger partial charge is 0.224 e. The Morgan fingerprint density at radius 3 is 2.83 bits per heavy atom. The lowest BCUT2D eigenvalue weighted by atomic mass is 9.97. The summed E-state index contributed by atoms with van der Waals surface area (Å²) in [7, 11) is 0. The number of hydrogen-bond donors (Lipinski definition) is 2. The third kappa shape index (κ3) is 3.25. The molecule has 0 spiro atoms. The fourth-order valence-corrected chi connectivity index (χ4v) is 3.10. The molecule has 1 aliphatic rings. The van der Waals surface area contributed by atoms with E-state index in [9.17, 15) is 13.6 Å². The molecule has 2 heterocycles. The minimum atomic E-state index is -0.807. The van der Waals surface area contributed by atoms with Crippen molar-refractivity contribution in [1.29, 1.82) is 0 Å². The number of aromatic hydroxyl groups is 1. The highest BCUT2D eigenvalue weighted by Gasteiger charge is 2.25. The van der Waals surface area contributed by atoms with Crippen LogP contribution >= 0.6 is 0 Å². The van der Waals surface area contributed by atoms with Crippen LogP contribution in [0.4, 0.5) is 8.78 Å². The van der Waals surface area contributed by atoms with Crippen LogP contribution in [0.15, 0.2) is 18.3 Å². The predicted octanol–water partition coefficient (Wildman–Crippen LogP) is 2.10. The average molecular weight is 335 g/mol. The van der Waals surface area contributed by atoms with E-state index >= 15 is 0 Å². The minimum absolute atomic E-state index is 0.0335. The molecule has 2 aromatic rings. The van der Waals surface area contributed by atoms with Crippen LogP contribution < -0.4 is 5.32 Å². The van der Waals surface area contributed by atoms with Gasteiger partial charge in [-0.25, -0.2) is 13.8 Å². The van der Waals surface area contributed by atoms with Gasteiger partial charge in [-0.05, 0) is 26.2 Å². The van der Waals surface area contributed by atoms with E-state index in [0.29, 0.717) is 6.54 Å². The molecule has 1 aromatic carbocycles. The number of carbonyl (C=O) groups is 1. The zero-order chi connectivity index (χ0) is 17.3. The van der Waals surface area contributed by atoms with E-state index in [1.54, 1.807) is 0 Å². The molecular formula is C17H19F2N3O2. The highest BCUT2D eigenvalue weighted by molar-refractivity contribution is 5.78. The number of benzene rings is 1. The Hall–Kier alpha value is -2.44. The summed E-state index contributed by atoms with van der Waals surface area (Å²) in [6.07, 6.45) is 3.39. The van der Waals surface area contributed by atoms with Gasteiger partial charge in [0.2, 0.25) is 5.91 Å². The van der Waals surface area contributed by atoms with E-state index in [0.717, 1.165) is 36.5 Å². The summed E-state index contributed by atoms with van der Waals surface area (Å²) < 4.78 is 29.3. The van der Waals surface area contributed by atoms with Gasteiger partial charge in [0.15, 0.2) is 0 Å². The number of aromatic nitrogens is 2. The van der Waals surface area contributed by atoms with E-state index in [2.05, 4.69) is 10.3 Å². The summed E-state index contributed by atoms with van der Waals surface area (Å²) in [5.74, 6) is -1.47. The summed E-state index contributed by atoms with van der Waals surface area (Å²) in [6.45, 7) is 2.62. The van der Waals surface area contributed by atoms with Crippen LogP contribution in [0.3, 0.4) is 0 Å². The first kappa shape index (κ1) is 16.4. The van der Waals surface area contributed by atoms with Gasteiger partial charge in [0, 0.05) is 42.7 Å². The number of imidazole rings is 1. The number of nitrogens with one attached hydrogen (secondary N) is 1. The molecule has 0 bridgehead atoms.